The number of imidazole rings is 1. The zero-order valence-electron chi connectivity index (χ0n) is 10.5. The van der Waals surface area contributed by atoms with Crippen LogP contribution in [0.25, 0.3) is 11.2 Å². The molecule has 106 valence electrons. The molecule has 2 aromatic rings. The zero-order valence-corrected chi connectivity index (χ0v) is 10.5. The molecule has 0 unspecified atom stereocenters. The predicted octanol–water partition coefficient (Wildman–Crippen LogP) is -1.90. The summed E-state index contributed by atoms with van der Waals surface area (Å²) in [4.78, 5) is 37.2. The van der Waals surface area contributed by atoms with Gasteiger partial charge in [-0.2, -0.15) is 0 Å². The Morgan fingerprint density at radius 2 is 2.15 bits per heavy atom. The van der Waals surface area contributed by atoms with Crippen LogP contribution in [0.15, 0.2) is 6.33 Å². The molecule has 2 rings (SSSR count). The number of fused-ring (bicyclic) bond motifs is 1. The van der Waals surface area contributed by atoms with Crippen molar-refractivity contribution in [2.45, 2.75) is 19.1 Å². The van der Waals surface area contributed by atoms with E-state index >= 15 is 0 Å². The molecule has 2 amide bonds. The van der Waals surface area contributed by atoms with Crippen molar-refractivity contribution in [1.82, 2.24) is 19.9 Å². The van der Waals surface area contributed by atoms with Gasteiger partial charge in [-0.15, -0.1) is 0 Å². The molecule has 2 atom stereocenters. The molecule has 10 nitrogen and oxygen atoms in total. The molecular weight excluding hydrogens is 266 g/mol. The van der Waals surface area contributed by atoms with E-state index in [1.54, 1.807) is 0 Å². The van der Waals surface area contributed by atoms with Gasteiger partial charge in [0.1, 0.15) is 11.6 Å². The number of amides is 2. The fourth-order valence-electron chi connectivity index (χ4n) is 1.45. The van der Waals surface area contributed by atoms with Gasteiger partial charge in [0, 0.05) is 0 Å². The second-order valence-corrected chi connectivity index (χ2v) is 4.12. The minimum atomic E-state index is -1.14. The highest BCUT2D eigenvalue weighted by molar-refractivity contribution is 6.01. The number of hydrogen-bond donors (Lipinski definition) is 5. The van der Waals surface area contributed by atoms with E-state index in [1.165, 1.54) is 13.3 Å². The summed E-state index contributed by atoms with van der Waals surface area (Å²) in [5.74, 6) is -1.79. The lowest BCUT2D eigenvalue weighted by Gasteiger charge is -2.14. The fourth-order valence-corrected chi connectivity index (χ4v) is 1.45. The Morgan fingerprint density at radius 3 is 2.75 bits per heavy atom. The van der Waals surface area contributed by atoms with Crippen LogP contribution < -0.4 is 16.8 Å². The van der Waals surface area contributed by atoms with Crippen LogP contribution in [-0.2, 0) is 4.79 Å². The SMILES string of the molecule is C[C@@H](O)[C@H](N)C(=O)Nc1nc(C(N)=O)nc2nc[nH]c12. The van der Waals surface area contributed by atoms with Crippen molar-refractivity contribution >= 4 is 28.8 Å². The number of rotatable bonds is 4. The summed E-state index contributed by atoms with van der Waals surface area (Å²) in [5, 5.41) is 11.7. The van der Waals surface area contributed by atoms with Crippen LogP contribution in [0.5, 0.6) is 0 Å². The molecule has 0 aliphatic heterocycles. The number of aromatic amines is 1. The second kappa shape index (κ2) is 5.19. The molecule has 0 spiro atoms. The Kier molecular flexibility index (Phi) is 3.59. The highest BCUT2D eigenvalue weighted by Crippen LogP contribution is 2.16. The number of nitrogens with zero attached hydrogens (tertiary/aromatic N) is 3. The molecule has 0 aliphatic rings. The van der Waals surface area contributed by atoms with Crippen LogP contribution in [0.2, 0.25) is 0 Å². The number of primary amides is 1. The summed E-state index contributed by atoms with van der Waals surface area (Å²) < 4.78 is 0. The first kappa shape index (κ1) is 13.8. The second-order valence-electron chi connectivity index (χ2n) is 4.12. The number of nitrogens with one attached hydrogen (secondary N) is 2. The lowest BCUT2D eigenvalue weighted by molar-refractivity contribution is -0.119. The van der Waals surface area contributed by atoms with Gasteiger partial charge in [0.05, 0.1) is 12.4 Å². The van der Waals surface area contributed by atoms with Gasteiger partial charge in [-0.05, 0) is 6.92 Å². The first-order chi connectivity index (χ1) is 9.40. The minimum absolute atomic E-state index is 0.0161. The van der Waals surface area contributed by atoms with Gasteiger partial charge < -0.3 is 26.9 Å². The maximum Gasteiger partial charge on any atom is 0.286 e. The minimum Gasteiger partial charge on any atom is -0.391 e. The largest absolute Gasteiger partial charge is 0.391 e. The van der Waals surface area contributed by atoms with Crippen LogP contribution in [0, 0.1) is 0 Å². The highest BCUT2D eigenvalue weighted by atomic mass is 16.3. The number of carbonyl (C=O) groups excluding carboxylic acids is 2. The van der Waals surface area contributed by atoms with Crippen LogP contribution >= 0.6 is 0 Å². The van der Waals surface area contributed by atoms with Crippen molar-refractivity contribution in [1.29, 1.82) is 0 Å². The van der Waals surface area contributed by atoms with Gasteiger partial charge >= 0.3 is 0 Å². The van der Waals surface area contributed by atoms with Crippen molar-refractivity contribution in [3.63, 3.8) is 0 Å². The number of H-pyrrole nitrogens is 1. The molecule has 7 N–H and O–H groups in total. The topological polar surface area (TPSA) is 173 Å². The van der Waals surface area contributed by atoms with Crippen molar-refractivity contribution in [3.05, 3.63) is 12.2 Å². The van der Waals surface area contributed by atoms with Gasteiger partial charge in [0.25, 0.3) is 5.91 Å². The van der Waals surface area contributed by atoms with Crippen molar-refractivity contribution in [2.24, 2.45) is 11.5 Å². The van der Waals surface area contributed by atoms with Gasteiger partial charge in [0.15, 0.2) is 11.5 Å². The molecule has 10 heteroatoms. The third-order valence-electron chi connectivity index (χ3n) is 2.57. The molecule has 0 fully saturated rings. The molecule has 0 saturated carbocycles. The number of aliphatic hydroxyl groups is 1. The van der Waals surface area contributed by atoms with E-state index in [1.807, 2.05) is 0 Å². The normalized spacial score (nSPS) is 13.9. The van der Waals surface area contributed by atoms with E-state index in [0.29, 0.717) is 5.52 Å². The Bertz CT molecular complexity index is 666. The molecule has 2 heterocycles. The fraction of sp³-hybridized carbons (Fsp3) is 0.300. The van der Waals surface area contributed by atoms with Gasteiger partial charge in [-0.1, -0.05) is 0 Å². The lowest BCUT2D eigenvalue weighted by Crippen LogP contribution is -2.44. The van der Waals surface area contributed by atoms with Gasteiger partial charge in [0.2, 0.25) is 11.7 Å². The Hall–Kier alpha value is -2.59. The number of aliphatic hydroxyl groups excluding tert-OH is 1. The molecule has 0 saturated heterocycles. The molecule has 2 aromatic heterocycles. The van der Waals surface area contributed by atoms with E-state index < -0.39 is 24.0 Å². The Labute approximate surface area is 112 Å². The van der Waals surface area contributed by atoms with E-state index in [4.69, 9.17) is 11.5 Å². The van der Waals surface area contributed by atoms with E-state index in [-0.39, 0.29) is 17.3 Å². The van der Waals surface area contributed by atoms with Crippen molar-refractivity contribution in [3.8, 4) is 0 Å². The molecule has 0 aromatic carbocycles. The Morgan fingerprint density at radius 1 is 1.45 bits per heavy atom. The quantitative estimate of drug-likeness (QED) is 0.434. The number of nitrogens with two attached hydrogens (primary N) is 2. The van der Waals surface area contributed by atoms with E-state index in [9.17, 15) is 14.7 Å². The molecular formula is C10H13N7O3. The number of aromatic nitrogens is 4. The average Bonchev–Trinajstić information content (AvgIpc) is 2.85. The summed E-state index contributed by atoms with van der Waals surface area (Å²) in [6.45, 7) is 1.38. The number of anilines is 1. The highest BCUT2D eigenvalue weighted by Gasteiger charge is 2.21. The van der Waals surface area contributed by atoms with E-state index in [0.717, 1.165) is 0 Å². The summed E-state index contributed by atoms with van der Waals surface area (Å²) in [6.07, 6.45) is 0.290. The smallest absolute Gasteiger partial charge is 0.286 e. The first-order valence-electron chi connectivity index (χ1n) is 5.65. The number of hydrogen-bond acceptors (Lipinski definition) is 7. The number of carbonyl (C=O) groups is 2. The molecule has 0 bridgehead atoms. The summed E-state index contributed by atoms with van der Waals surface area (Å²) >= 11 is 0. The van der Waals surface area contributed by atoms with Crippen molar-refractivity contribution < 1.29 is 14.7 Å². The van der Waals surface area contributed by atoms with Crippen LogP contribution in [0.4, 0.5) is 5.82 Å². The first-order valence-corrected chi connectivity index (χ1v) is 5.65. The van der Waals surface area contributed by atoms with Crippen LogP contribution in [-0.4, -0.2) is 49.0 Å². The monoisotopic (exact) mass is 279 g/mol. The molecule has 20 heavy (non-hydrogen) atoms. The predicted molar refractivity (Wildman–Crippen MR) is 68.5 cm³/mol. The Balaban J connectivity index is 2.40. The van der Waals surface area contributed by atoms with Crippen LogP contribution in [0.1, 0.15) is 17.5 Å². The maximum atomic E-state index is 11.8. The zero-order chi connectivity index (χ0) is 14.9. The maximum absolute atomic E-state index is 11.8. The third-order valence-corrected chi connectivity index (χ3v) is 2.57. The lowest BCUT2D eigenvalue weighted by atomic mass is 10.2. The van der Waals surface area contributed by atoms with Crippen LogP contribution in [0.3, 0.4) is 0 Å². The third kappa shape index (κ3) is 2.55. The van der Waals surface area contributed by atoms with Gasteiger partial charge in [-0.3, -0.25) is 9.59 Å². The van der Waals surface area contributed by atoms with Crippen molar-refractivity contribution in [2.75, 3.05) is 5.32 Å². The van der Waals surface area contributed by atoms with Gasteiger partial charge in [-0.25, -0.2) is 15.0 Å². The summed E-state index contributed by atoms with van der Waals surface area (Å²) in [7, 11) is 0. The summed E-state index contributed by atoms with van der Waals surface area (Å²) in [6, 6.07) is -1.14. The standard InChI is InChI=1S/C10H13N7O3/c1-3(18)4(11)10(20)17-8-5-7(14-2-13-5)15-9(16-8)6(12)19/h2-4,18H,11H2,1H3,(H2,12,19)(H2,13,14,15,16,17,20)/t3-,4+/m1/s1. The average molecular weight is 279 g/mol. The molecule has 0 radical (unpaired) electrons. The van der Waals surface area contributed by atoms with E-state index in [2.05, 4.69) is 25.3 Å². The molecule has 0 aliphatic carbocycles. The summed E-state index contributed by atoms with van der Waals surface area (Å²) in [5.41, 5.74) is 11.1.